The lowest BCUT2D eigenvalue weighted by Gasteiger charge is -2.23. The van der Waals surface area contributed by atoms with E-state index in [9.17, 15) is 0 Å². The van der Waals surface area contributed by atoms with Crippen molar-refractivity contribution in [2.45, 2.75) is 38.5 Å². The van der Waals surface area contributed by atoms with Gasteiger partial charge >= 0.3 is 0 Å². The van der Waals surface area contributed by atoms with Gasteiger partial charge in [0.25, 0.3) is 0 Å². The van der Waals surface area contributed by atoms with Crippen LogP contribution in [0.25, 0.3) is 72.5 Å². The molecular weight excluding hydrogens is 595 g/mol. The highest BCUT2D eigenvalue weighted by molar-refractivity contribution is 6.14. The highest BCUT2D eigenvalue weighted by Crippen LogP contribution is 2.54. The average molecular weight is 630 g/mol. The van der Waals surface area contributed by atoms with Crippen molar-refractivity contribution in [1.29, 1.82) is 0 Å². The molecule has 0 bridgehead atoms. The summed E-state index contributed by atoms with van der Waals surface area (Å²) in [5, 5.41) is 2.63. The van der Waals surface area contributed by atoms with Gasteiger partial charge in [0.2, 0.25) is 0 Å². The monoisotopic (exact) mass is 629 g/mol. The van der Waals surface area contributed by atoms with E-state index in [1.54, 1.807) is 0 Å². The number of rotatable bonds is 3. The van der Waals surface area contributed by atoms with Gasteiger partial charge in [0.1, 0.15) is 0 Å². The van der Waals surface area contributed by atoms with E-state index in [0.29, 0.717) is 0 Å². The molecule has 0 atom stereocenters. The third kappa shape index (κ3) is 3.79. The number of aromatic nitrogens is 3. The van der Waals surface area contributed by atoms with Gasteiger partial charge in [0.15, 0.2) is 5.82 Å². The fourth-order valence-corrected chi connectivity index (χ4v) is 8.92. The summed E-state index contributed by atoms with van der Waals surface area (Å²) in [6.45, 7) is 9.33. The largest absolute Gasteiger partial charge is 0.309 e. The fourth-order valence-electron chi connectivity index (χ4n) is 8.92. The smallest absolute Gasteiger partial charge is 0.160 e. The van der Waals surface area contributed by atoms with E-state index in [1.807, 2.05) is 0 Å². The zero-order valence-electron chi connectivity index (χ0n) is 28.1. The number of nitrogens with zero attached hydrogens (tertiary/aromatic N) is 3. The van der Waals surface area contributed by atoms with Crippen LogP contribution in [0.15, 0.2) is 140 Å². The van der Waals surface area contributed by atoms with E-state index in [-0.39, 0.29) is 10.8 Å². The molecule has 0 spiro atoms. The molecule has 3 heteroatoms. The van der Waals surface area contributed by atoms with Gasteiger partial charge in [-0.25, -0.2) is 9.97 Å². The Hall–Kier alpha value is -5.80. The molecule has 2 heterocycles. The first-order chi connectivity index (χ1) is 23.8. The van der Waals surface area contributed by atoms with Crippen LogP contribution in [0.1, 0.15) is 49.9 Å². The third-order valence-electron chi connectivity index (χ3n) is 11.2. The second kappa shape index (κ2) is 9.87. The van der Waals surface area contributed by atoms with Crippen molar-refractivity contribution in [1.82, 2.24) is 14.5 Å². The molecular formula is C46H35N3. The van der Waals surface area contributed by atoms with Crippen LogP contribution in [0.4, 0.5) is 0 Å². The maximum atomic E-state index is 5.31. The van der Waals surface area contributed by atoms with Crippen LogP contribution < -0.4 is 0 Å². The van der Waals surface area contributed by atoms with Crippen molar-refractivity contribution < 1.29 is 0 Å². The topological polar surface area (TPSA) is 30.7 Å². The minimum atomic E-state index is -0.202. The number of hydrogen-bond donors (Lipinski definition) is 0. The van der Waals surface area contributed by atoms with E-state index in [2.05, 4.69) is 172 Å². The first-order valence-corrected chi connectivity index (χ1v) is 17.2. The van der Waals surface area contributed by atoms with Crippen LogP contribution in [-0.4, -0.2) is 14.5 Å². The molecule has 0 aliphatic heterocycles. The lowest BCUT2D eigenvalue weighted by molar-refractivity contribution is 0.658. The Morgan fingerprint density at radius 2 is 1.06 bits per heavy atom. The molecule has 2 aromatic heterocycles. The van der Waals surface area contributed by atoms with Gasteiger partial charge in [-0.15, -0.1) is 0 Å². The van der Waals surface area contributed by atoms with Crippen molar-refractivity contribution in [3.8, 4) is 50.7 Å². The Balaban J connectivity index is 1.16. The molecule has 0 amide bonds. The summed E-state index contributed by atoms with van der Waals surface area (Å²) < 4.78 is 2.42. The van der Waals surface area contributed by atoms with Gasteiger partial charge in [-0.3, -0.25) is 0 Å². The van der Waals surface area contributed by atoms with Crippen LogP contribution in [-0.2, 0) is 10.8 Å². The Labute approximate surface area is 286 Å². The van der Waals surface area contributed by atoms with Crippen LogP contribution in [0.5, 0.6) is 0 Å². The highest BCUT2D eigenvalue weighted by Gasteiger charge is 2.40. The van der Waals surface area contributed by atoms with Crippen LogP contribution in [0.2, 0.25) is 0 Å². The molecule has 2 aliphatic carbocycles. The number of fused-ring (bicyclic) bond motifs is 10. The van der Waals surface area contributed by atoms with E-state index in [1.165, 1.54) is 60.8 Å². The SMILES string of the molecule is CC1(C)c2ccccc2-c2nc(-c3ccc(-n4c5ccccc5c5c6c(ccc54)-c4ccccc4C6(C)C)cc3)nc(-c3ccccc3)c21. The van der Waals surface area contributed by atoms with Gasteiger partial charge in [0.05, 0.1) is 22.4 Å². The lowest BCUT2D eigenvalue weighted by atomic mass is 9.80. The summed E-state index contributed by atoms with van der Waals surface area (Å²) in [4.78, 5) is 10.6. The zero-order chi connectivity index (χ0) is 33.1. The first kappa shape index (κ1) is 28.2. The standard InChI is InChI=1S/C46H35N3/c1-45(2)35-19-11-8-16-31(35)32-26-27-38-39(40(32)45)34-18-10-13-21-37(34)49(38)30-24-22-29(23-25-30)44-47-42(28-14-6-5-7-15-28)41-43(48-44)33-17-9-12-20-36(33)46(41,3)4/h5-27H,1-4H3. The average Bonchev–Trinajstić information content (AvgIpc) is 3.69. The summed E-state index contributed by atoms with van der Waals surface area (Å²) in [6, 6.07) is 50.5. The van der Waals surface area contributed by atoms with Crippen molar-refractivity contribution in [2.75, 3.05) is 0 Å². The minimum Gasteiger partial charge on any atom is -0.309 e. The normalized spacial score (nSPS) is 14.9. The molecule has 10 rings (SSSR count). The zero-order valence-corrected chi connectivity index (χ0v) is 28.1. The van der Waals surface area contributed by atoms with Gasteiger partial charge in [0, 0.05) is 49.5 Å². The molecule has 2 aliphatic rings. The molecule has 0 fully saturated rings. The number of hydrogen-bond acceptors (Lipinski definition) is 2. The maximum absolute atomic E-state index is 5.31. The van der Waals surface area contributed by atoms with E-state index in [0.717, 1.165) is 34.0 Å². The molecule has 49 heavy (non-hydrogen) atoms. The van der Waals surface area contributed by atoms with Crippen LogP contribution in [0, 0.1) is 0 Å². The molecule has 0 saturated heterocycles. The Morgan fingerprint density at radius 3 is 1.84 bits per heavy atom. The molecule has 0 saturated carbocycles. The molecule has 234 valence electrons. The van der Waals surface area contributed by atoms with Crippen molar-refractivity contribution in [3.05, 3.63) is 162 Å². The van der Waals surface area contributed by atoms with Crippen molar-refractivity contribution >= 4 is 21.8 Å². The highest BCUT2D eigenvalue weighted by atomic mass is 15.0. The first-order valence-electron chi connectivity index (χ1n) is 17.2. The van der Waals surface area contributed by atoms with Gasteiger partial charge in [-0.2, -0.15) is 0 Å². The number of benzene rings is 6. The van der Waals surface area contributed by atoms with Gasteiger partial charge in [-0.1, -0.05) is 131 Å². The Kier molecular flexibility index (Phi) is 5.69. The lowest BCUT2D eigenvalue weighted by Crippen LogP contribution is -2.17. The minimum absolute atomic E-state index is 0.0984. The van der Waals surface area contributed by atoms with E-state index < -0.39 is 0 Å². The predicted octanol–water partition coefficient (Wildman–Crippen LogP) is 11.5. The molecule has 0 radical (unpaired) electrons. The van der Waals surface area contributed by atoms with Crippen molar-refractivity contribution in [3.63, 3.8) is 0 Å². The fraction of sp³-hybridized carbons (Fsp3) is 0.130. The molecule has 6 aromatic carbocycles. The number of para-hydroxylation sites is 1. The van der Waals surface area contributed by atoms with E-state index in [4.69, 9.17) is 9.97 Å². The van der Waals surface area contributed by atoms with Gasteiger partial charge < -0.3 is 4.57 Å². The van der Waals surface area contributed by atoms with Crippen LogP contribution in [0.3, 0.4) is 0 Å². The summed E-state index contributed by atoms with van der Waals surface area (Å²) in [5.41, 5.74) is 16.6. The molecule has 0 N–H and O–H groups in total. The Morgan fingerprint density at radius 1 is 0.449 bits per heavy atom. The second-order valence-electron chi connectivity index (χ2n) is 14.6. The predicted molar refractivity (Wildman–Crippen MR) is 202 cm³/mol. The van der Waals surface area contributed by atoms with Crippen molar-refractivity contribution in [2.24, 2.45) is 0 Å². The maximum Gasteiger partial charge on any atom is 0.160 e. The summed E-state index contributed by atoms with van der Waals surface area (Å²) in [6.07, 6.45) is 0. The molecule has 3 nitrogen and oxygen atoms in total. The Bertz CT molecular complexity index is 2640. The second-order valence-corrected chi connectivity index (χ2v) is 14.6. The molecule has 8 aromatic rings. The summed E-state index contributed by atoms with van der Waals surface area (Å²) in [5.74, 6) is 0.746. The van der Waals surface area contributed by atoms with E-state index >= 15 is 0 Å². The molecule has 0 unspecified atom stereocenters. The third-order valence-corrected chi connectivity index (χ3v) is 11.2. The van der Waals surface area contributed by atoms with Gasteiger partial charge in [-0.05, 0) is 64.2 Å². The summed E-state index contributed by atoms with van der Waals surface area (Å²) in [7, 11) is 0. The quantitative estimate of drug-likeness (QED) is 0.195. The summed E-state index contributed by atoms with van der Waals surface area (Å²) >= 11 is 0. The van der Waals surface area contributed by atoms with Crippen LogP contribution >= 0.6 is 0 Å².